The number of rotatable bonds is 9. The third-order valence-electron chi connectivity index (χ3n) is 5.76. The zero-order valence-electron chi connectivity index (χ0n) is 17.9. The average Bonchev–Trinajstić information content (AvgIpc) is 2.63. The Hall–Kier alpha value is -0.533. The summed E-state index contributed by atoms with van der Waals surface area (Å²) in [5, 5.41) is 0.141. The zero-order valence-corrected chi connectivity index (χ0v) is 20.5. The summed E-state index contributed by atoms with van der Waals surface area (Å²) in [5.74, 6) is 0.115. The Morgan fingerprint density at radius 2 is 1.96 bits per heavy atom. The van der Waals surface area contributed by atoms with Crippen LogP contribution in [0, 0.1) is 0 Å². The molecule has 0 unspecified atom stereocenters. The summed E-state index contributed by atoms with van der Waals surface area (Å²) >= 11 is 3.49. The van der Waals surface area contributed by atoms with Crippen LogP contribution in [0.5, 0.6) is 0 Å². The molecule has 0 N–H and O–H groups in total. The maximum absolute atomic E-state index is 12.7. The van der Waals surface area contributed by atoms with Crippen molar-refractivity contribution in [2.75, 3.05) is 13.2 Å². The van der Waals surface area contributed by atoms with Crippen LogP contribution in [0.3, 0.4) is 0 Å². The van der Waals surface area contributed by atoms with Crippen molar-refractivity contribution in [3.05, 3.63) is 35.9 Å². The molecule has 28 heavy (non-hydrogen) atoms. The van der Waals surface area contributed by atoms with Gasteiger partial charge in [-0.25, -0.2) is 0 Å². The highest BCUT2D eigenvalue weighted by Gasteiger charge is 2.42. The van der Waals surface area contributed by atoms with Gasteiger partial charge in [-0.05, 0) is 36.5 Å². The Balaban J connectivity index is 1.85. The van der Waals surface area contributed by atoms with Crippen molar-refractivity contribution in [1.29, 1.82) is 0 Å². The molecule has 1 aliphatic rings. The van der Waals surface area contributed by atoms with Crippen molar-refractivity contribution in [3.63, 3.8) is 0 Å². The van der Waals surface area contributed by atoms with Crippen LogP contribution >= 0.6 is 15.9 Å². The molecule has 0 bridgehead atoms. The molecule has 1 heterocycles. The molecule has 0 saturated carbocycles. The van der Waals surface area contributed by atoms with Crippen molar-refractivity contribution in [2.24, 2.45) is 0 Å². The maximum Gasteiger partial charge on any atom is 0.192 e. The lowest BCUT2D eigenvalue weighted by molar-refractivity contribution is -0.128. The van der Waals surface area contributed by atoms with E-state index >= 15 is 0 Å². The molecule has 3 atom stereocenters. The molecule has 0 amide bonds. The van der Waals surface area contributed by atoms with Crippen LogP contribution < -0.4 is 0 Å². The van der Waals surface area contributed by atoms with Crippen LogP contribution in [-0.4, -0.2) is 44.3 Å². The van der Waals surface area contributed by atoms with Crippen LogP contribution in [0.15, 0.2) is 30.3 Å². The first kappa shape index (κ1) is 23.7. The number of ketones is 1. The molecule has 6 heteroatoms. The van der Waals surface area contributed by atoms with Gasteiger partial charge in [0.2, 0.25) is 0 Å². The van der Waals surface area contributed by atoms with Gasteiger partial charge in [0.1, 0.15) is 0 Å². The fourth-order valence-electron chi connectivity index (χ4n) is 2.97. The molecule has 1 aromatic rings. The number of alkyl halides is 1. The van der Waals surface area contributed by atoms with E-state index < -0.39 is 8.32 Å². The van der Waals surface area contributed by atoms with Gasteiger partial charge < -0.3 is 13.9 Å². The highest BCUT2D eigenvalue weighted by Crippen LogP contribution is 2.39. The first-order chi connectivity index (χ1) is 13.1. The largest absolute Gasteiger partial charge is 0.411 e. The van der Waals surface area contributed by atoms with Crippen molar-refractivity contribution >= 4 is 30.0 Å². The molecule has 0 spiro atoms. The summed E-state index contributed by atoms with van der Waals surface area (Å²) in [4.78, 5) is 12.4. The predicted octanol–water partition coefficient (Wildman–Crippen LogP) is 5.50. The standard InChI is InChI=1S/C22H35BrO4Si/c1-22(2,3)28(4,5)27-20-12-9-13-26-21(20)14-19(24)18(23)16-25-15-17-10-7-6-8-11-17/h6-8,10-11,18,20-21H,9,12-16H2,1-5H3/t18-,20+,21-/m1/s1. The molecule has 0 aliphatic carbocycles. The van der Waals surface area contributed by atoms with Gasteiger partial charge in [-0.1, -0.05) is 67.0 Å². The van der Waals surface area contributed by atoms with Gasteiger partial charge in [0, 0.05) is 13.0 Å². The minimum atomic E-state index is -1.90. The van der Waals surface area contributed by atoms with Gasteiger partial charge in [0.25, 0.3) is 0 Å². The van der Waals surface area contributed by atoms with Crippen molar-refractivity contribution in [3.8, 4) is 0 Å². The van der Waals surface area contributed by atoms with E-state index in [0.717, 1.165) is 18.4 Å². The Morgan fingerprint density at radius 3 is 2.61 bits per heavy atom. The summed E-state index contributed by atoms with van der Waals surface area (Å²) in [6.07, 6.45) is 2.15. The smallest absolute Gasteiger partial charge is 0.192 e. The molecule has 158 valence electrons. The summed E-state index contributed by atoms with van der Waals surface area (Å²) in [5.41, 5.74) is 1.10. The number of hydrogen-bond acceptors (Lipinski definition) is 4. The fourth-order valence-corrected chi connectivity index (χ4v) is 4.72. The number of carbonyl (C=O) groups excluding carboxylic acids is 1. The number of benzene rings is 1. The van der Waals surface area contributed by atoms with E-state index in [2.05, 4.69) is 49.8 Å². The van der Waals surface area contributed by atoms with Crippen molar-refractivity contribution < 1.29 is 18.7 Å². The molecule has 4 nitrogen and oxygen atoms in total. The normalized spacial score (nSPS) is 22.1. The molecule has 0 aromatic heterocycles. The lowest BCUT2D eigenvalue weighted by Gasteiger charge is -2.42. The second-order valence-electron chi connectivity index (χ2n) is 9.11. The molecule has 0 radical (unpaired) electrons. The summed E-state index contributed by atoms with van der Waals surface area (Å²) in [6, 6.07) is 9.98. The first-order valence-electron chi connectivity index (χ1n) is 10.2. The number of hydrogen-bond donors (Lipinski definition) is 0. The topological polar surface area (TPSA) is 44.8 Å². The lowest BCUT2D eigenvalue weighted by Crippen LogP contribution is -2.49. The van der Waals surface area contributed by atoms with E-state index in [1.54, 1.807) is 0 Å². The van der Waals surface area contributed by atoms with Gasteiger partial charge in [-0.3, -0.25) is 4.79 Å². The summed E-state index contributed by atoms with van der Waals surface area (Å²) in [7, 11) is -1.90. The third kappa shape index (κ3) is 7.06. The average molecular weight is 472 g/mol. The van der Waals surface area contributed by atoms with E-state index in [1.807, 2.05) is 30.3 Å². The zero-order chi connectivity index (χ0) is 20.8. The van der Waals surface area contributed by atoms with E-state index in [-0.39, 0.29) is 27.9 Å². The highest BCUT2D eigenvalue weighted by molar-refractivity contribution is 9.10. The molecular formula is C22H35BrO4Si. The number of Topliss-reactive ketones (excluding diaryl/α,β-unsaturated/α-hetero) is 1. The molecule has 2 rings (SSSR count). The molecule has 1 saturated heterocycles. The second kappa shape index (κ2) is 10.5. The predicted molar refractivity (Wildman–Crippen MR) is 119 cm³/mol. The van der Waals surface area contributed by atoms with Crippen LogP contribution in [0.25, 0.3) is 0 Å². The second-order valence-corrected chi connectivity index (χ2v) is 15.0. The summed E-state index contributed by atoms with van der Waals surface area (Å²) < 4.78 is 18.3. The SMILES string of the molecule is CC(C)(C)[Si](C)(C)O[C@H]1CCCO[C@@H]1CC(=O)[C@H](Br)COCc1ccccc1. The minimum absolute atomic E-state index is 0.00327. The quantitative estimate of drug-likeness (QED) is 0.353. The van der Waals surface area contributed by atoms with E-state index in [0.29, 0.717) is 26.2 Å². The van der Waals surface area contributed by atoms with Crippen LogP contribution in [-0.2, 0) is 25.3 Å². The van der Waals surface area contributed by atoms with Gasteiger partial charge in [0.15, 0.2) is 14.1 Å². The van der Waals surface area contributed by atoms with Gasteiger partial charge >= 0.3 is 0 Å². The molecule has 1 aromatic carbocycles. The molecular weight excluding hydrogens is 436 g/mol. The minimum Gasteiger partial charge on any atom is -0.411 e. The van der Waals surface area contributed by atoms with Crippen molar-refractivity contribution in [1.82, 2.24) is 0 Å². The maximum atomic E-state index is 12.7. The van der Waals surface area contributed by atoms with Gasteiger partial charge in [0.05, 0.1) is 30.2 Å². The van der Waals surface area contributed by atoms with E-state index in [9.17, 15) is 4.79 Å². The number of carbonyl (C=O) groups is 1. The molecule has 1 fully saturated rings. The Labute approximate surface area is 179 Å². The molecule has 1 aliphatic heterocycles. The fraction of sp³-hybridized carbons (Fsp3) is 0.682. The number of halogens is 1. The van der Waals surface area contributed by atoms with Crippen LogP contribution in [0.4, 0.5) is 0 Å². The number of ether oxygens (including phenoxy) is 2. The summed E-state index contributed by atoms with van der Waals surface area (Å²) in [6.45, 7) is 12.8. The lowest BCUT2D eigenvalue weighted by atomic mass is 10.00. The van der Waals surface area contributed by atoms with Gasteiger partial charge in [-0.2, -0.15) is 0 Å². The van der Waals surface area contributed by atoms with Crippen LogP contribution in [0.2, 0.25) is 18.1 Å². The highest BCUT2D eigenvalue weighted by atomic mass is 79.9. The van der Waals surface area contributed by atoms with Crippen LogP contribution in [0.1, 0.15) is 45.6 Å². The van der Waals surface area contributed by atoms with Gasteiger partial charge in [-0.15, -0.1) is 0 Å². The van der Waals surface area contributed by atoms with E-state index in [4.69, 9.17) is 13.9 Å². The van der Waals surface area contributed by atoms with Crippen molar-refractivity contribution in [2.45, 2.75) is 81.8 Å². The Morgan fingerprint density at radius 1 is 1.29 bits per heavy atom. The van der Waals surface area contributed by atoms with E-state index in [1.165, 1.54) is 0 Å². The Kier molecular flexibility index (Phi) is 8.89. The Bertz CT molecular complexity index is 615. The monoisotopic (exact) mass is 470 g/mol. The first-order valence-corrected chi connectivity index (χ1v) is 14.0. The third-order valence-corrected chi connectivity index (χ3v) is 11.0.